The number of benzene rings is 3. The molecule has 1 aliphatic rings. The van der Waals surface area contributed by atoms with Gasteiger partial charge in [-0.2, -0.15) is 0 Å². The van der Waals surface area contributed by atoms with Crippen LogP contribution >= 0.6 is 23.2 Å². The molecule has 0 aromatic heterocycles. The molecule has 1 unspecified atom stereocenters. The Labute approximate surface area is 203 Å². The highest BCUT2D eigenvalue weighted by Gasteiger charge is 2.41. The molecular weight excluding hydrogens is 457 g/mol. The summed E-state index contributed by atoms with van der Waals surface area (Å²) in [5.74, 6) is 0.221. The van der Waals surface area contributed by atoms with Gasteiger partial charge in [0.2, 0.25) is 5.91 Å². The van der Waals surface area contributed by atoms with Crippen LogP contribution in [0.1, 0.15) is 23.6 Å². The maximum absolute atomic E-state index is 13.1. The van der Waals surface area contributed by atoms with Gasteiger partial charge in [-0.15, -0.1) is 0 Å². The van der Waals surface area contributed by atoms with Crippen LogP contribution in [0.15, 0.2) is 84.6 Å². The molecular formula is C26H25Cl2N3O2. The lowest BCUT2D eigenvalue weighted by atomic mass is 9.98. The van der Waals surface area contributed by atoms with Crippen LogP contribution in [0.2, 0.25) is 5.02 Å². The van der Waals surface area contributed by atoms with E-state index in [0.29, 0.717) is 29.6 Å². The number of halogens is 2. The molecule has 1 heterocycles. The molecule has 0 fully saturated rings. The van der Waals surface area contributed by atoms with E-state index in [2.05, 4.69) is 5.32 Å². The summed E-state index contributed by atoms with van der Waals surface area (Å²) in [6.07, 6.45) is 0. The molecule has 1 atom stereocenters. The number of hydrogen-bond acceptors (Lipinski definition) is 4. The third-order valence-electron chi connectivity index (χ3n) is 5.41. The Kier molecular flexibility index (Phi) is 6.94. The quantitative estimate of drug-likeness (QED) is 0.340. The summed E-state index contributed by atoms with van der Waals surface area (Å²) in [5, 5.41) is 3.87. The van der Waals surface area contributed by atoms with Gasteiger partial charge in [-0.25, -0.2) is 0 Å². The number of alkyl halides is 1. The Hall–Kier alpha value is -2.99. The third kappa shape index (κ3) is 5.17. The fraction of sp³-hybridized carbons (Fsp3) is 0.192. The van der Waals surface area contributed by atoms with Crippen molar-refractivity contribution in [2.24, 2.45) is 5.73 Å². The van der Waals surface area contributed by atoms with Crippen molar-refractivity contribution in [3.05, 3.63) is 106 Å². The van der Waals surface area contributed by atoms with Crippen LogP contribution in [0.3, 0.4) is 0 Å². The predicted molar refractivity (Wildman–Crippen MR) is 134 cm³/mol. The van der Waals surface area contributed by atoms with Crippen molar-refractivity contribution in [3.8, 4) is 0 Å². The Balaban J connectivity index is 1.86. The number of ether oxygens (including phenoxy) is 1. The summed E-state index contributed by atoms with van der Waals surface area (Å²) in [7, 11) is 0. The minimum absolute atomic E-state index is 0.169. The van der Waals surface area contributed by atoms with Crippen molar-refractivity contribution >= 4 is 40.6 Å². The highest BCUT2D eigenvalue weighted by atomic mass is 35.5. The summed E-state index contributed by atoms with van der Waals surface area (Å²) < 4.78 is 6.37. The molecule has 0 aliphatic carbocycles. The van der Waals surface area contributed by atoms with Crippen molar-refractivity contribution in [2.45, 2.75) is 25.1 Å². The van der Waals surface area contributed by atoms with Crippen molar-refractivity contribution in [2.75, 3.05) is 11.9 Å². The topological polar surface area (TPSA) is 67.6 Å². The second-order valence-corrected chi connectivity index (χ2v) is 9.13. The van der Waals surface area contributed by atoms with Crippen molar-refractivity contribution in [1.82, 2.24) is 4.90 Å². The average Bonchev–Trinajstić information content (AvgIpc) is 2.82. The first-order chi connectivity index (χ1) is 15.9. The number of carbonyl (C=O) groups is 1. The van der Waals surface area contributed by atoms with Gasteiger partial charge in [0, 0.05) is 16.3 Å². The summed E-state index contributed by atoms with van der Waals surface area (Å²) in [5.41, 5.74) is 9.74. The van der Waals surface area contributed by atoms with E-state index in [4.69, 9.17) is 33.7 Å². The fourth-order valence-electron chi connectivity index (χ4n) is 3.89. The van der Waals surface area contributed by atoms with Crippen LogP contribution in [-0.2, 0) is 22.7 Å². The van der Waals surface area contributed by atoms with E-state index in [1.165, 1.54) is 0 Å². The smallest absolute Gasteiger partial charge is 0.241 e. The Morgan fingerprint density at radius 1 is 1.03 bits per heavy atom. The Bertz CT molecular complexity index is 1160. The lowest BCUT2D eigenvalue weighted by Crippen LogP contribution is -2.47. The first kappa shape index (κ1) is 23.2. The number of anilines is 1. The highest BCUT2D eigenvalue weighted by Crippen LogP contribution is 2.44. The number of hydrogen-bond donors (Lipinski definition) is 2. The molecule has 1 aliphatic heterocycles. The van der Waals surface area contributed by atoms with Gasteiger partial charge in [-0.05, 0) is 36.2 Å². The maximum atomic E-state index is 13.1. The Morgan fingerprint density at radius 2 is 1.67 bits per heavy atom. The normalized spacial score (nSPS) is 17.2. The maximum Gasteiger partial charge on any atom is 0.241 e. The summed E-state index contributed by atoms with van der Waals surface area (Å²) in [6.45, 7) is 2.23. The van der Waals surface area contributed by atoms with E-state index in [1.54, 1.807) is 17.9 Å². The molecule has 0 radical (unpaired) electrons. The minimum Gasteiger partial charge on any atom is -0.486 e. The summed E-state index contributed by atoms with van der Waals surface area (Å²) >= 11 is 13.4. The lowest BCUT2D eigenvalue weighted by molar-refractivity contribution is -0.128. The summed E-state index contributed by atoms with van der Waals surface area (Å²) in [4.78, 5) is 13.6. The standard InChI is InChI=1S/C26H25Cl2N3O2/c1-26(28)25(31(23(32)15-29)16-18-8-4-2-5-9-18)24(33-17-19-10-6-3-7-11-19)21-14-20(27)12-13-22(21)30-26/h2-14,30H,15-17,29H2,1H3. The number of nitrogens with two attached hydrogens (primary N) is 1. The fourth-order valence-corrected chi connectivity index (χ4v) is 4.35. The molecule has 170 valence electrons. The minimum atomic E-state index is -1.13. The Morgan fingerprint density at radius 3 is 2.30 bits per heavy atom. The molecule has 5 nitrogen and oxygen atoms in total. The molecule has 0 saturated heterocycles. The predicted octanol–water partition coefficient (Wildman–Crippen LogP) is 5.59. The van der Waals surface area contributed by atoms with Crippen molar-refractivity contribution in [3.63, 3.8) is 0 Å². The zero-order valence-corrected chi connectivity index (χ0v) is 19.7. The summed E-state index contributed by atoms with van der Waals surface area (Å²) in [6, 6.07) is 24.9. The average molecular weight is 482 g/mol. The molecule has 0 bridgehead atoms. The van der Waals surface area contributed by atoms with E-state index in [-0.39, 0.29) is 12.5 Å². The van der Waals surface area contributed by atoms with Gasteiger partial charge in [0.15, 0.2) is 10.8 Å². The van der Waals surface area contributed by atoms with Gasteiger partial charge in [0.25, 0.3) is 0 Å². The van der Waals surface area contributed by atoms with Crippen LogP contribution in [0, 0.1) is 0 Å². The highest BCUT2D eigenvalue weighted by molar-refractivity contribution is 6.31. The number of fused-ring (bicyclic) bond motifs is 1. The largest absolute Gasteiger partial charge is 0.486 e. The van der Waals surface area contributed by atoms with Crippen LogP contribution in [0.5, 0.6) is 0 Å². The third-order valence-corrected chi connectivity index (χ3v) is 5.92. The van der Waals surface area contributed by atoms with Crippen molar-refractivity contribution in [1.29, 1.82) is 0 Å². The molecule has 4 rings (SSSR count). The number of nitrogens with zero attached hydrogens (tertiary/aromatic N) is 1. The molecule has 0 saturated carbocycles. The SMILES string of the molecule is CC1(Cl)Nc2ccc(Cl)cc2C(OCc2ccccc2)=C1N(Cc1ccccc1)C(=O)CN. The second-order valence-electron chi connectivity index (χ2n) is 7.94. The first-order valence-corrected chi connectivity index (χ1v) is 11.4. The van der Waals surface area contributed by atoms with E-state index >= 15 is 0 Å². The van der Waals surface area contributed by atoms with Crippen LogP contribution in [0.25, 0.3) is 5.76 Å². The monoisotopic (exact) mass is 481 g/mol. The molecule has 3 aromatic rings. The molecule has 7 heteroatoms. The van der Waals surface area contributed by atoms with Crippen LogP contribution in [0.4, 0.5) is 5.69 Å². The zero-order chi connectivity index (χ0) is 23.4. The molecule has 3 N–H and O–H groups in total. The van der Waals surface area contributed by atoms with E-state index in [1.807, 2.05) is 72.8 Å². The van der Waals surface area contributed by atoms with E-state index in [0.717, 1.165) is 22.4 Å². The van der Waals surface area contributed by atoms with Crippen molar-refractivity contribution < 1.29 is 9.53 Å². The van der Waals surface area contributed by atoms with E-state index in [9.17, 15) is 4.79 Å². The second kappa shape index (κ2) is 9.87. The van der Waals surface area contributed by atoms with Gasteiger partial charge in [-0.3, -0.25) is 4.79 Å². The zero-order valence-electron chi connectivity index (χ0n) is 18.2. The van der Waals surface area contributed by atoms with Crippen LogP contribution in [-0.4, -0.2) is 22.3 Å². The van der Waals surface area contributed by atoms with Gasteiger partial charge in [0.05, 0.1) is 13.1 Å². The van der Waals surface area contributed by atoms with E-state index < -0.39 is 5.00 Å². The number of carbonyl (C=O) groups excluding carboxylic acids is 1. The molecule has 3 aromatic carbocycles. The molecule has 1 amide bonds. The van der Waals surface area contributed by atoms with Gasteiger partial charge in [-0.1, -0.05) is 83.9 Å². The van der Waals surface area contributed by atoms with Gasteiger partial charge >= 0.3 is 0 Å². The molecule has 0 spiro atoms. The van der Waals surface area contributed by atoms with Gasteiger partial charge in [0.1, 0.15) is 12.3 Å². The number of rotatable bonds is 7. The number of amides is 1. The first-order valence-electron chi connectivity index (χ1n) is 10.6. The van der Waals surface area contributed by atoms with Crippen LogP contribution < -0.4 is 11.1 Å². The molecule has 33 heavy (non-hydrogen) atoms. The lowest BCUT2D eigenvalue weighted by Gasteiger charge is -2.40. The van der Waals surface area contributed by atoms with Gasteiger partial charge < -0.3 is 20.7 Å². The number of nitrogens with one attached hydrogen (secondary N) is 1.